The second-order valence-corrected chi connectivity index (χ2v) is 9.16. The van der Waals surface area contributed by atoms with E-state index >= 15 is 0 Å². The van der Waals surface area contributed by atoms with Gasteiger partial charge in [0.05, 0.1) is 11.1 Å². The van der Waals surface area contributed by atoms with Crippen LogP contribution >= 0.6 is 23.1 Å². The zero-order chi connectivity index (χ0) is 20.4. The fraction of sp³-hybridized carbons (Fsp3) is 0.381. The number of aryl methyl sites for hydroxylation is 2. The molecule has 1 aromatic carbocycles. The summed E-state index contributed by atoms with van der Waals surface area (Å²) in [5, 5.41) is 4.03. The first-order valence-corrected chi connectivity index (χ1v) is 11.6. The van der Waals surface area contributed by atoms with Crippen molar-refractivity contribution in [2.24, 2.45) is 0 Å². The van der Waals surface area contributed by atoms with E-state index in [0.717, 1.165) is 35.9 Å². The number of carbonyl (C=O) groups excluding carboxylic acids is 1. The van der Waals surface area contributed by atoms with E-state index in [1.54, 1.807) is 28.0 Å². The maximum atomic E-state index is 13.7. The molecule has 0 unspecified atom stereocenters. The number of hydrogen-bond acceptors (Lipinski definition) is 5. The Morgan fingerprint density at radius 3 is 2.97 bits per heavy atom. The Balaban J connectivity index is 1.50. The molecule has 3 aromatic rings. The average Bonchev–Trinajstić information content (AvgIpc) is 3.27. The molecular weight excluding hydrogens is 409 g/mol. The molecule has 2 aromatic heterocycles. The van der Waals surface area contributed by atoms with Crippen molar-refractivity contribution in [1.82, 2.24) is 9.55 Å². The minimum atomic E-state index is -0.455. The van der Waals surface area contributed by atoms with Gasteiger partial charge in [-0.2, -0.15) is 0 Å². The number of carbonyl (C=O) groups is 1. The molecular formula is C21H22FN3O2S2. The SMILES string of the molecule is CCCn1c(SCCC(=O)Nc2ccccc2F)nc2sc3c(c2c1=O)CCC3. The van der Waals surface area contributed by atoms with Gasteiger partial charge in [-0.3, -0.25) is 14.2 Å². The van der Waals surface area contributed by atoms with Crippen molar-refractivity contribution >= 4 is 44.9 Å². The van der Waals surface area contributed by atoms with E-state index in [1.807, 2.05) is 6.92 Å². The zero-order valence-corrected chi connectivity index (χ0v) is 17.8. The highest BCUT2D eigenvalue weighted by molar-refractivity contribution is 7.99. The van der Waals surface area contributed by atoms with E-state index in [9.17, 15) is 14.0 Å². The summed E-state index contributed by atoms with van der Waals surface area (Å²) in [6.45, 7) is 2.64. The summed E-state index contributed by atoms with van der Waals surface area (Å²) >= 11 is 3.03. The van der Waals surface area contributed by atoms with Crippen LogP contribution in [-0.2, 0) is 24.2 Å². The molecule has 1 aliphatic rings. The van der Waals surface area contributed by atoms with E-state index < -0.39 is 5.82 Å². The highest BCUT2D eigenvalue weighted by Crippen LogP contribution is 2.35. The molecule has 5 nitrogen and oxygen atoms in total. The summed E-state index contributed by atoms with van der Waals surface area (Å²) in [7, 11) is 0. The van der Waals surface area contributed by atoms with Crippen LogP contribution in [0.15, 0.2) is 34.2 Å². The lowest BCUT2D eigenvalue weighted by atomic mass is 10.2. The predicted octanol–water partition coefficient (Wildman–Crippen LogP) is 4.62. The summed E-state index contributed by atoms with van der Waals surface area (Å²) in [6, 6.07) is 6.10. The molecule has 0 spiro atoms. The maximum Gasteiger partial charge on any atom is 0.263 e. The van der Waals surface area contributed by atoms with Crippen molar-refractivity contribution in [3.8, 4) is 0 Å². The molecule has 0 atom stereocenters. The second kappa shape index (κ2) is 8.67. The van der Waals surface area contributed by atoms with Crippen LogP contribution < -0.4 is 10.9 Å². The van der Waals surface area contributed by atoms with Gasteiger partial charge in [0.2, 0.25) is 5.91 Å². The third kappa shape index (κ3) is 4.09. The van der Waals surface area contributed by atoms with Crippen LogP contribution in [0.3, 0.4) is 0 Å². The Morgan fingerprint density at radius 2 is 2.17 bits per heavy atom. The van der Waals surface area contributed by atoms with Gasteiger partial charge in [0, 0.05) is 23.6 Å². The summed E-state index contributed by atoms with van der Waals surface area (Å²) in [5.41, 5.74) is 1.40. The van der Waals surface area contributed by atoms with E-state index in [4.69, 9.17) is 4.98 Å². The molecule has 152 valence electrons. The highest BCUT2D eigenvalue weighted by atomic mass is 32.2. The molecule has 0 saturated carbocycles. The fourth-order valence-corrected chi connectivity index (χ4v) is 5.86. The van der Waals surface area contributed by atoms with Crippen molar-refractivity contribution in [2.45, 2.75) is 50.7 Å². The number of hydrogen-bond donors (Lipinski definition) is 1. The number of amides is 1. The first-order valence-electron chi connectivity index (χ1n) is 9.80. The second-order valence-electron chi connectivity index (χ2n) is 7.02. The Kier molecular flexibility index (Phi) is 6.01. The molecule has 0 saturated heterocycles. The minimum Gasteiger partial charge on any atom is -0.324 e. The van der Waals surface area contributed by atoms with Crippen LogP contribution in [0, 0.1) is 5.82 Å². The predicted molar refractivity (Wildman–Crippen MR) is 117 cm³/mol. The number of nitrogens with zero attached hydrogens (tertiary/aromatic N) is 2. The number of rotatable bonds is 7. The van der Waals surface area contributed by atoms with Crippen LogP contribution in [0.1, 0.15) is 36.6 Å². The number of aromatic nitrogens is 2. The molecule has 1 N–H and O–H groups in total. The van der Waals surface area contributed by atoms with E-state index in [1.165, 1.54) is 34.3 Å². The minimum absolute atomic E-state index is 0.0366. The molecule has 0 bridgehead atoms. The molecule has 8 heteroatoms. The molecule has 1 aliphatic carbocycles. The van der Waals surface area contributed by atoms with Gasteiger partial charge < -0.3 is 5.32 Å². The maximum absolute atomic E-state index is 13.7. The number of fused-ring (bicyclic) bond motifs is 3. The van der Waals surface area contributed by atoms with Crippen LogP contribution in [0.25, 0.3) is 10.2 Å². The lowest BCUT2D eigenvalue weighted by Crippen LogP contribution is -2.23. The topological polar surface area (TPSA) is 64.0 Å². The molecule has 4 rings (SSSR count). The highest BCUT2D eigenvalue weighted by Gasteiger charge is 2.23. The molecule has 2 heterocycles. The summed E-state index contributed by atoms with van der Waals surface area (Å²) in [4.78, 5) is 32.2. The first kappa shape index (κ1) is 20.1. The number of halogens is 1. The third-order valence-corrected chi connectivity index (χ3v) is 7.11. The number of anilines is 1. The van der Waals surface area contributed by atoms with Gasteiger partial charge in [-0.25, -0.2) is 9.37 Å². The largest absolute Gasteiger partial charge is 0.324 e. The standard InChI is InChI=1S/C21H22FN3O2S2/c1-2-11-25-20(27)18-13-6-5-9-16(13)29-19(18)24-21(25)28-12-10-17(26)23-15-8-4-3-7-14(15)22/h3-4,7-8H,2,5-6,9-12H2,1H3,(H,23,26). The van der Waals surface area contributed by atoms with Gasteiger partial charge in [-0.1, -0.05) is 30.8 Å². The van der Waals surface area contributed by atoms with E-state index in [-0.39, 0.29) is 23.6 Å². The van der Waals surface area contributed by atoms with Crippen molar-refractivity contribution in [2.75, 3.05) is 11.1 Å². The van der Waals surface area contributed by atoms with Crippen molar-refractivity contribution in [3.05, 3.63) is 50.9 Å². The van der Waals surface area contributed by atoms with Gasteiger partial charge in [-0.05, 0) is 43.4 Å². The number of benzene rings is 1. The van der Waals surface area contributed by atoms with Gasteiger partial charge in [0.1, 0.15) is 10.6 Å². The van der Waals surface area contributed by atoms with Crippen LogP contribution in [0.5, 0.6) is 0 Å². The van der Waals surface area contributed by atoms with Crippen molar-refractivity contribution in [3.63, 3.8) is 0 Å². The summed E-state index contributed by atoms with van der Waals surface area (Å²) in [6.07, 6.45) is 4.14. The number of thiophene rings is 1. The monoisotopic (exact) mass is 431 g/mol. The number of para-hydroxylation sites is 1. The Morgan fingerprint density at radius 1 is 1.34 bits per heavy atom. The lowest BCUT2D eigenvalue weighted by molar-refractivity contribution is -0.115. The lowest BCUT2D eigenvalue weighted by Gasteiger charge is -2.11. The smallest absolute Gasteiger partial charge is 0.263 e. The fourth-order valence-electron chi connectivity index (χ4n) is 3.60. The van der Waals surface area contributed by atoms with Crippen LogP contribution in [0.4, 0.5) is 10.1 Å². The summed E-state index contributed by atoms with van der Waals surface area (Å²) in [5.74, 6) is -0.251. The third-order valence-electron chi connectivity index (χ3n) is 4.95. The van der Waals surface area contributed by atoms with E-state index in [2.05, 4.69) is 5.32 Å². The van der Waals surface area contributed by atoms with Gasteiger partial charge in [0.25, 0.3) is 5.56 Å². The zero-order valence-electron chi connectivity index (χ0n) is 16.2. The van der Waals surface area contributed by atoms with E-state index in [0.29, 0.717) is 17.5 Å². The first-order chi connectivity index (χ1) is 14.1. The molecule has 29 heavy (non-hydrogen) atoms. The average molecular weight is 432 g/mol. The number of thioether (sulfide) groups is 1. The van der Waals surface area contributed by atoms with Gasteiger partial charge in [-0.15, -0.1) is 11.3 Å². The Labute approximate surface area is 176 Å². The molecule has 1 amide bonds. The Bertz CT molecular complexity index is 1120. The van der Waals surface area contributed by atoms with Gasteiger partial charge >= 0.3 is 0 Å². The van der Waals surface area contributed by atoms with Crippen molar-refractivity contribution < 1.29 is 9.18 Å². The normalized spacial score (nSPS) is 13.0. The quantitative estimate of drug-likeness (QED) is 0.438. The summed E-state index contributed by atoms with van der Waals surface area (Å²) < 4.78 is 15.4. The van der Waals surface area contributed by atoms with Crippen LogP contribution in [-0.4, -0.2) is 21.2 Å². The molecule has 0 radical (unpaired) electrons. The van der Waals surface area contributed by atoms with Crippen molar-refractivity contribution in [1.29, 1.82) is 0 Å². The molecule has 0 fully saturated rings. The number of nitrogens with one attached hydrogen (secondary N) is 1. The van der Waals surface area contributed by atoms with Crippen LogP contribution in [0.2, 0.25) is 0 Å². The Hall–Kier alpha value is -2.19. The molecule has 0 aliphatic heterocycles. The van der Waals surface area contributed by atoms with Gasteiger partial charge in [0.15, 0.2) is 5.16 Å².